The molecule has 2 saturated heterocycles. The summed E-state index contributed by atoms with van der Waals surface area (Å²) < 4.78 is 25.5. The second kappa shape index (κ2) is 7.92. The van der Waals surface area contributed by atoms with Crippen LogP contribution in [0.4, 0.5) is 4.39 Å². The van der Waals surface area contributed by atoms with Gasteiger partial charge in [-0.3, -0.25) is 4.90 Å². The van der Waals surface area contributed by atoms with Crippen LogP contribution in [0.25, 0.3) is 0 Å². The Balaban J connectivity index is 1.38. The third-order valence-corrected chi connectivity index (χ3v) is 5.29. The van der Waals surface area contributed by atoms with Crippen LogP contribution in [0, 0.1) is 5.82 Å². The van der Waals surface area contributed by atoms with Crippen LogP contribution in [-0.2, 0) is 17.9 Å². The first kappa shape index (κ1) is 17.7. The fraction of sp³-hybridized carbons (Fsp3) is 0.400. The molecule has 26 heavy (non-hydrogen) atoms. The molecule has 0 aromatic heterocycles. The molecule has 2 aromatic rings. The van der Waals surface area contributed by atoms with Crippen molar-refractivity contribution in [2.75, 3.05) is 26.2 Å². The molecule has 2 heterocycles. The lowest BCUT2D eigenvalue weighted by Crippen LogP contribution is -2.47. The summed E-state index contributed by atoms with van der Waals surface area (Å²) in [7, 11) is 0. The molecule has 0 bridgehead atoms. The van der Waals surface area contributed by atoms with E-state index < -0.39 is 0 Å². The smallest absolute Gasteiger partial charge is 0.131 e. The third-order valence-electron chi connectivity index (χ3n) is 4.93. The van der Waals surface area contributed by atoms with Crippen LogP contribution < -0.4 is 10.1 Å². The summed E-state index contributed by atoms with van der Waals surface area (Å²) in [6.45, 7) is 4.60. The molecule has 4 nitrogen and oxygen atoms in total. The Morgan fingerprint density at radius 1 is 1.23 bits per heavy atom. The Labute approximate surface area is 157 Å². The van der Waals surface area contributed by atoms with Gasteiger partial charge in [-0.05, 0) is 29.8 Å². The van der Waals surface area contributed by atoms with E-state index in [1.54, 1.807) is 12.1 Å². The summed E-state index contributed by atoms with van der Waals surface area (Å²) in [6.07, 6.45) is 0.284. The maximum absolute atomic E-state index is 13.9. The van der Waals surface area contributed by atoms with Gasteiger partial charge in [-0.2, -0.15) is 0 Å². The van der Waals surface area contributed by atoms with Gasteiger partial charge < -0.3 is 14.8 Å². The standard InChI is InChI=1S/C20H22ClFN2O2/c21-17-5-2-6-18(22)16(17)13-26-15-4-1-3-14(9-15)10-24-11-19-20(12-24)25-8-7-23-19/h1-6,9,19-20,23H,7-8,10-13H2/t19-,20-/m0/s1. The molecule has 138 valence electrons. The van der Waals surface area contributed by atoms with Crippen molar-refractivity contribution in [1.82, 2.24) is 10.2 Å². The lowest BCUT2D eigenvalue weighted by molar-refractivity contribution is 0.0175. The number of hydrogen-bond acceptors (Lipinski definition) is 4. The zero-order valence-corrected chi connectivity index (χ0v) is 15.2. The SMILES string of the molecule is Fc1cccc(Cl)c1COc1cccc(CN2C[C@@H]3NCCO[C@H]3C2)c1. The van der Waals surface area contributed by atoms with Crippen molar-refractivity contribution in [3.8, 4) is 5.75 Å². The van der Waals surface area contributed by atoms with Crippen LogP contribution in [0.3, 0.4) is 0 Å². The zero-order valence-electron chi connectivity index (χ0n) is 14.5. The first-order valence-electron chi connectivity index (χ1n) is 8.91. The van der Waals surface area contributed by atoms with Crippen molar-refractivity contribution in [2.45, 2.75) is 25.3 Å². The molecule has 1 N–H and O–H groups in total. The van der Waals surface area contributed by atoms with Crippen molar-refractivity contribution in [1.29, 1.82) is 0 Å². The number of morpholine rings is 1. The molecule has 0 spiro atoms. The van der Waals surface area contributed by atoms with Gasteiger partial charge in [0.25, 0.3) is 0 Å². The minimum absolute atomic E-state index is 0.112. The lowest BCUT2D eigenvalue weighted by atomic mass is 10.2. The van der Waals surface area contributed by atoms with Gasteiger partial charge in [0.15, 0.2) is 0 Å². The van der Waals surface area contributed by atoms with Crippen LogP contribution in [-0.4, -0.2) is 43.3 Å². The van der Waals surface area contributed by atoms with E-state index in [0.29, 0.717) is 22.4 Å². The molecule has 6 heteroatoms. The molecule has 0 radical (unpaired) electrons. The Morgan fingerprint density at radius 3 is 2.96 bits per heavy atom. The highest BCUT2D eigenvalue weighted by Gasteiger charge is 2.35. The van der Waals surface area contributed by atoms with Crippen molar-refractivity contribution >= 4 is 11.6 Å². The van der Waals surface area contributed by atoms with Crippen LogP contribution >= 0.6 is 11.6 Å². The lowest BCUT2D eigenvalue weighted by Gasteiger charge is -2.25. The first-order chi connectivity index (χ1) is 12.7. The third kappa shape index (κ3) is 4.01. The van der Waals surface area contributed by atoms with E-state index in [4.69, 9.17) is 21.1 Å². The van der Waals surface area contributed by atoms with Gasteiger partial charge in [-0.25, -0.2) is 4.39 Å². The predicted molar refractivity (Wildman–Crippen MR) is 99.0 cm³/mol. The molecule has 4 rings (SSSR count). The van der Waals surface area contributed by atoms with Crippen molar-refractivity contribution in [3.05, 3.63) is 64.4 Å². The van der Waals surface area contributed by atoms with Crippen LogP contribution in [0.5, 0.6) is 5.75 Å². The highest BCUT2D eigenvalue weighted by atomic mass is 35.5. The van der Waals surface area contributed by atoms with Crippen LogP contribution in [0.15, 0.2) is 42.5 Å². The predicted octanol–water partition coefficient (Wildman–Crippen LogP) is 3.23. The fourth-order valence-electron chi connectivity index (χ4n) is 3.62. The van der Waals surface area contributed by atoms with E-state index in [9.17, 15) is 4.39 Å². The van der Waals surface area contributed by atoms with Gasteiger partial charge in [0.05, 0.1) is 17.7 Å². The van der Waals surface area contributed by atoms with Crippen LogP contribution in [0.2, 0.25) is 5.02 Å². The number of nitrogens with zero attached hydrogens (tertiary/aromatic N) is 1. The maximum atomic E-state index is 13.9. The van der Waals surface area contributed by atoms with Gasteiger partial charge >= 0.3 is 0 Å². The summed E-state index contributed by atoms with van der Waals surface area (Å²) in [5.41, 5.74) is 1.55. The first-order valence-corrected chi connectivity index (χ1v) is 9.29. The highest BCUT2D eigenvalue weighted by Crippen LogP contribution is 2.23. The topological polar surface area (TPSA) is 33.7 Å². The molecule has 0 aliphatic carbocycles. The second-order valence-corrected chi connectivity index (χ2v) is 7.21. The number of hydrogen-bond donors (Lipinski definition) is 1. The van der Waals surface area contributed by atoms with Crippen molar-refractivity contribution in [2.24, 2.45) is 0 Å². The number of halogens is 2. The van der Waals surface area contributed by atoms with E-state index in [0.717, 1.165) is 32.8 Å². The molecule has 2 aliphatic heterocycles. The Bertz CT molecular complexity index is 739. The number of fused-ring (bicyclic) bond motifs is 1. The van der Waals surface area contributed by atoms with Crippen molar-refractivity contribution in [3.63, 3.8) is 0 Å². The molecule has 0 unspecified atom stereocenters. The summed E-state index contributed by atoms with van der Waals surface area (Å²) in [5, 5.41) is 3.90. The summed E-state index contributed by atoms with van der Waals surface area (Å²) in [5.74, 6) is 0.369. The monoisotopic (exact) mass is 376 g/mol. The Kier molecular flexibility index (Phi) is 5.41. The zero-order chi connectivity index (χ0) is 17.9. The average molecular weight is 377 g/mol. The molecular weight excluding hydrogens is 355 g/mol. The number of benzene rings is 2. The molecule has 2 atom stereocenters. The second-order valence-electron chi connectivity index (χ2n) is 6.80. The van der Waals surface area contributed by atoms with E-state index in [1.165, 1.54) is 11.6 Å². The van der Waals surface area contributed by atoms with Gasteiger partial charge in [0.2, 0.25) is 0 Å². The maximum Gasteiger partial charge on any atom is 0.131 e. The quantitative estimate of drug-likeness (QED) is 0.868. The Morgan fingerprint density at radius 2 is 2.12 bits per heavy atom. The number of ether oxygens (including phenoxy) is 2. The van der Waals surface area contributed by atoms with E-state index >= 15 is 0 Å². The number of rotatable bonds is 5. The largest absolute Gasteiger partial charge is 0.489 e. The highest BCUT2D eigenvalue weighted by molar-refractivity contribution is 6.31. The molecule has 2 fully saturated rings. The fourth-order valence-corrected chi connectivity index (χ4v) is 3.84. The minimum atomic E-state index is -0.346. The number of likely N-dealkylation sites (tertiary alicyclic amines) is 1. The van der Waals surface area contributed by atoms with Gasteiger partial charge in [-0.15, -0.1) is 0 Å². The molecule has 2 aromatic carbocycles. The Hall–Kier alpha value is -1.66. The summed E-state index contributed by atoms with van der Waals surface area (Å²) in [6, 6.07) is 13.0. The van der Waals surface area contributed by atoms with E-state index in [1.807, 2.05) is 18.2 Å². The molecule has 2 aliphatic rings. The van der Waals surface area contributed by atoms with Gasteiger partial charge in [0, 0.05) is 37.8 Å². The van der Waals surface area contributed by atoms with Crippen LogP contribution in [0.1, 0.15) is 11.1 Å². The summed E-state index contributed by atoms with van der Waals surface area (Å²) >= 11 is 6.06. The van der Waals surface area contributed by atoms with Crippen molar-refractivity contribution < 1.29 is 13.9 Å². The summed E-state index contributed by atoms with van der Waals surface area (Å²) in [4.78, 5) is 2.39. The van der Waals surface area contributed by atoms with Gasteiger partial charge in [0.1, 0.15) is 18.2 Å². The van der Waals surface area contributed by atoms with E-state index in [-0.39, 0.29) is 18.5 Å². The number of nitrogens with one attached hydrogen (secondary N) is 1. The molecule has 0 amide bonds. The normalized spacial score (nSPS) is 23.0. The average Bonchev–Trinajstić information content (AvgIpc) is 3.04. The minimum Gasteiger partial charge on any atom is -0.489 e. The molecule has 0 saturated carbocycles. The van der Waals surface area contributed by atoms with Gasteiger partial charge in [-0.1, -0.05) is 29.8 Å². The molecular formula is C20H22ClFN2O2. The van der Waals surface area contributed by atoms with E-state index in [2.05, 4.69) is 16.3 Å².